The molecule has 4 bridgehead atoms. The van der Waals surface area contributed by atoms with Crippen molar-refractivity contribution in [2.75, 3.05) is 0 Å². The molecule has 238 valence electrons. The molecule has 6 fully saturated rings. The van der Waals surface area contributed by atoms with E-state index in [9.17, 15) is 50.3 Å². The van der Waals surface area contributed by atoms with Gasteiger partial charge >= 0.3 is 42.2 Å². The van der Waals surface area contributed by atoms with E-state index in [0.29, 0.717) is 12.8 Å². The summed E-state index contributed by atoms with van der Waals surface area (Å²) in [6, 6.07) is 0. The zero-order valence-electron chi connectivity index (χ0n) is 23.1. The largest absolute Gasteiger partial charge is 0.458 e. The molecule has 2 saturated heterocycles. The second kappa shape index (κ2) is 8.99. The van der Waals surface area contributed by atoms with Gasteiger partial charge in [0.15, 0.2) is 10.8 Å². The Bertz CT molecular complexity index is 1280. The molecule has 6 aliphatic rings. The summed E-state index contributed by atoms with van der Waals surface area (Å²) in [5.41, 5.74) is -4.88. The Morgan fingerprint density at radius 1 is 0.814 bits per heavy atom. The summed E-state index contributed by atoms with van der Waals surface area (Å²) in [7, 11) is 0. The van der Waals surface area contributed by atoms with E-state index < -0.39 is 113 Å². The minimum Gasteiger partial charge on any atom is -0.458 e. The van der Waals surface area contributed by atoms with Crippen molar-refractivity contribution < 1.29 is 74.0 Å². The fraction of sp³-hybridized carbons (Fsp3) is 0.815. The Morgan fingerprint density at radius 3 is 1.70 bits per heavy atom. The first kappa shape index (κ1) is 30.0. The summed E-state index contributed by atoms with van der Waals surface area (Å²) < 4.78 is 104. The standard InChI is InChI=1S/C27H28F6O10/c1-4-23(2,3)18(34)39-13-9-5-11-15(13)41-20(36)24(11,7-9)19(35)40-14-10-6-12-16(14)42-21(37)25(12,8-10)22(38)43-17(26(28,29)30)27(31,32)33/h9-17H,4-8H2,1-3H3. The summed E-state index contributed by atoms with van der Waals surface area (Å²) in [5, 5.41) is 0. The molecule has 6 rings (SSSR count). The van der Waals surface area contributed by atoms with Gasteiger partial charge in [0.2, 0.25) is 0 Å². The van der Waals surface area contributed by atoms with E-state index in [-0.39, 0.29) is 18.8 Å². The second-order valence-corrected chi connectivity index (χ2v) is 13.1. The maximum Gasteiger partial charge on any atom is 0.434 e. The minimum absolute atomic E-state index is 0.0197. The van der Waals surface area contributed by atoms with Crippen molar-refractivity contribution >= 4 is 29.8 Å². The number of esters is 5. The van der Waals surface area contributed by atoms with Crippen LogP contribution in [-0.4, -0.2) is 72.7 Å². The Kier molecular flexibility index (Phi) is 6.27. The van der Waals surface area contributed by atoms with Crippen LogP contribution in [0.4, 0.5) is 26.3 Å². The molecule has 43 heavy (non-hydrogen) atoms. The summed E-state index contributed by atoms with van der Waals surface area (Å²) in [4.78, 5) is 64.9. The maximum absolute atomic E-state index is 13.6. The molecule has 10 nitrogen and oxygen atoms in total. The molecule has 0 N–H and O–H groups in total. The molecule has 4 saturated carbocycles. The quantitative estimate of drug-likeness (QED) is 0.180. The van der Waals surface area contributed by atoms with E-state index in [1.807, 2.05) is 6.92 Å². The van der Waals surface area contributed by atoms with Crippen LogP contribution in [0.5, 0.6) is 0 Å². The van der Waals surface area contributed by atoms with Gasteiger partial charge in [-0.1, -0.05) is 6.92 Å². The highest BCUT2D eigenvalue weighted by molar-refractivity contribution is 6.04. The van der Waals surface area contributed by atoms with Crippen molar-refractivity contribution in [2.45, 2.75) is 95.7 Å². The van der Waals surface area contributed by atoms with E-state index in [2.05, 4.69) is 4.74 Å². The van der Waals surface area contributed by atoms with Gasteiger partial charge < -0.3 is 23.7 Å². The van der Waals surface area contributed by atoms with E-state index in [0.717, 1.165) is 0 Å². The Morgan fingerprint density at radius 2 is 1.26 bits per heavy atom. The number of hydrogen-bond donors (Lipinski definition) is 0. The fourth-order valence-corrected chi connectivity index (χ4v) is 8.05. The molecular formula is C27H28F6O10. The smallest absolute Gasteiger partial charge is 0.434 e. The van der Waals surface area contributed by atoms with Gasteiger partial charge in [-0.25, -0.2) is 0 Å². The van der Waals surface area contributed by atoms with Crippen molar-refractivity contribution in [1.29, 1.82) is 0 Å². The number of halogens is 6. The molecule has 16 heteroatoms. The molecular weight excluding hydrogens is 598 g/mol. The van der Waals surface area contributed by atoms with Crippen LogP contribution in [0.3, 0.4) is 0 Å². The summed E-state index contributed by atoms with van der Waals surface area (Å²) in [5.74, 6) is -8.68. The lowest BCUT2D eigenvalue weighted by atomic mass is 9.72. The highest BCUT2D eigenvalue weighted by atomic mass is 19.4. The van der Waals surface area contributed by atoms with Gasteiger partial charge in [-0.3, -0.25) is 24.0 Å². The average Bonchev–Trinajstić information content (AvgIpc) is 3.69. The molecule has 2 aliphatic heterocycles. The van der Waals surface area contributed by atoms with Crippen molar-refractivity contribution in [2.24, 2.45) is 39.9 Å². The van der Waals surface area contributed by atoms with Crippen LogP contribution < -0.4 is 0 Å². The second-order valence-electron chi connectivity index (χ2n) is 13.1. The van der Waals surface area contributed by atoms with Crippen molar-refractivity contribution in [3.05, 3.63) is 0 Å². The van der Waals surface area contributed by atoms with E-state index in [1.54, 1.807) is 13.8 Å². The van der Waals surface area contributed by atoms with Gasteiger partial charge in [0.25, 0.3) is 6.10 Å². The number of carbonyl (C=O) groups is 5. The zero-order chi connectivity index (χ0) is 31.7. The molecule has 0 aromatic heterocycles. The van der Waals surface area contributed by atoms with Gasteiger partial charge in [0, 0.05) is 23.7 Å². The van der Waals surface area contributed by atoms with Crippen molar-refractivity contribution in [1.82, 2.24) is 0 Å². The molecule has 0 aromatic rings. The van der Waals surface area contributed by atoms with Gasteiger partial charge in [-0.15, -0.1) is 0 Å². The molecule has 0 spiro atoms. The first-order chi connectivity index (χ1) is 19.8. The SMILES string of the molecule is CCC(C)(C)C(=O)OC1C2CC3C1OC(=O)C3(C(=O)OC1C3CC4C1OC(=O)C4(C(=O)OC(C(F)(F)F)C(F)(F)F)C3)C2. The van der Waals surface area contributed by atoms with Gasteiger partial charge in [-0.2, -0.15) is 26.3 Å². The predicted molar refractivity (Wildman–Crippen MR) is 123 cm³/mol. The highest BCUT2D eigenvalue weighted by Gasteiger charge is 2.79. The minimum atomic E-state index is -5.97. The fourth-order valence-electron chi connectivity index (χ4n) is 8.05. The van der Waals surface area contributed by atoms with E-state index in [1.165, 1.54) is 0 Å². The van der Waals surface area contributed by atoms with Crippen LogP contribution >= 0.6 is 0 Å². The predicted octanol–water partition coefficient (Wildman–Crippen LogP) is 3.19. The average molecular weight is 626 g/mol. The van der Waals surface area contributed by atoms with Crippen LogP contribution in [0.15, 0.2) is 0 Å². The Balaban J connectivity index is 1.16. The molecule has 2 heterocycles. The third kappa shape index (κ3) is 3.95. The normalized spacial score (nSPS) is 40.6. The third-order valence-electron chi connectivity index (χ3n) is 10.6. The number of fused-ring (bicyclic) bond motifs is 2. The number of ether oxygens (including phenoxy) is 5. The monoisotopic (exact) mass is 626 g/mol. The van der Waals surface area contributed by atoms with Crippen LogP contribution in [0.2, 0.25) is 0 Å². The van der Waals surface area contributed by atoms with Gasteiger partial charge in [0.1, 0.15) is 24.4 Å². The highest BCUT2D eigenvalue weighted by Crippen LogP contribution is 2.66. The first-order valence-corrected chi connectivity index (χ1v) is 14.0. The molecule has 0 amide bonds. The van der Waals surface area contributed by atoms with Gasteiger partial charge in [0.05, 0.1) is 5.41 Å². The van der Waals surface area contributed by atoms with Crippen LogP contribution in [0, 0.1) is 39.9 Å². The van der Waals surface area contributed by atoms with Crippen molar-refractivity contribution in [3.8, 4) is 0 Å². The van der Waals surface area contributed by atoms with E-state index in [4.69, 9.17) is 18.9 Å². The lowest BCUT2D eigenvalue weighted by Gasteiger charge is -2.35. The number of carbonyl (C=O) groups excluding carboxylic acids is 5. The summed E-state index contributed by atoms with van der Waals surface area (Å²) >= 11 is 0. The Labute approximate surface area is 240 Å². The van der Waals surface area contributed by atoms with Crippen LogP contribution in [-0.2, 0) is 47.7 Å². The van der Waals surface area contributed by atoms with Gasteiger partial charge in [-0.05, 0) is 46.0 Å². The first-order valence-electron chi connectivity index (χ1n) is 14.0. The lowest BCUT2D eigenvalue weighted by Crippen LogP contribution is -2.52. The topological polar surface area (TPSA) is 132 Å². The lowest BCUT2D eigenvalue weighted by molar-refractivity contribution is -0.315. The molecule has 4 aliphatic carbocycles. The number of hydrogen-bond acceptors (Lipinski definition) is 10. The molecule has 10 atom stereocenters. The van der Waals surface area contributed by atoms with Crippen LogP contribution in [0.1, 0.15) is 52.9 Å². The summed E-state index contributed by atoms with van der Waals surface area (Å²) in [6.45, 7) is 5.26. The summed E-state index contributed by atoms with van der Waals surface area (Å²) in [6.07, 6.45) is -20.3. The van der Waals surface area contributed by atoms with E-state index >= 15 is 0 Å². The Hall–Kier alpha value is -3.07. The molecule has 0 aromatic carbocycles. The molecule has 10 unspecified atom stereocenters. The van der Waals surface area contributed by atoms with Crippen LogP contribution in [0.25, 0.3) is 0 Å². The zero-order valence-corrected chi connectivity index (χ0v) is 23.1. The number of rotatable bonds is 7. The maximum atomic E-state index is 13.6. The molecule has 0 radical (unpaired) electrons. The number of alkyl halides is 6. The third-order valence-corrected chi connectivity index (χ3v) is 10.6. The van der Waals surface area contributed by atoms with Crippen molar-refractivity contribution in [3.63, 3.8) is 0 Å².